The predicted molar refractivity (Wildman–Crippen MR) is 67.4 cm³/mol. The number of amides is 2. The van der Waals surface area contributed by atoms with E-state index in [4.69, 9.17) is 10.2 Å². The molecule has 0 unspecified atom stereocenters. The number of aliphatic hydroxyl groups excluding tert-OH is 1. The van der Waals surface area contributed by atoms with Gasteiger partial charge in [0.05, 0.1) is 6.54 Å². The molecule has 0 bridgehead atoms. The van der Waals surface area contributed by atoms with E-state index in [-0.39, 0.29) is 6.54 Å². The average molecular weight is 261 g/mol. The van der Waals surface area contributed by atoms with Crippen LogP contribution in [0.25, 0.3) is 0 Å². The molecule has 4 N–H and O–H groups in total. The number of nitrogens with one attached hydrogen (secondary N) is 2. The molecule has 0 rings (SSSR count). The molecule has 18 heavy (non-hydrogen) atoms. The van der Waals surface area contributed by atoms with Crippen molar-refractivity contribution in [3.63, 3.8) is 0 Å². The van der Waals surface area contributed by atoms with Gasteiger partial charge >= 0.3 is 12.0 Å². The Morgan fingerprint density at radius 2 is 1.89 bits per heavy atom. The minimum atomic E-state index is -1.57. The van der Waals surface area contributed by atoms with Gasteiger partial charge in [0.1, 0.15) is 0 Å². The third-order valence-corrected chi connectivity index (χ3v) is 2.60. The Morgan fingerprint density at radius 1 is 1.28 bits per heavy atom. The summed E-state index contributed by atoms with van der Waals surface area (Å²) < 4.78 is 0. The van der Waals surface area contributed by atoms with Crippen LogP contribution < -0.4 is 10.6 Å². The summed E-state index contributed by atoms with van der Waals surface area (Å²) in [5.74, 6) is -1.35. The first kappa shape index (κ1) is 16.7. The van der Waals surface area contributed by atoms with Gasteiger partial charge in [-0.05, 0) is 33.9 Å². The highest BCUT2D eigenvalue weighted by Crippen LogP contribution is 1.93. The standard InChI is InChI=1S/C11H23N3O4/c1-8(2)14(3)6-4-5-12-11(18)13-7-9(15)10(16)17/h8-9,15H,4-7H2,1-3H3,(H,16,17)(H2,12,13,18)/t9-/m0/s1. The molecule has 106 valence electrons. The smallest absolute Gasteiger partial charge is 0.334 e. The third-order valence-electron chi connectivity index (χ3n) is 2.60. The van der Waals surface area contributed by atoms with Crippen molar-refractivity contribution in [2.24, 2.45) is 0 Å². The van der Waals surface area contributed by atoms with E-state index in [1.165, 1.54) is 0 Å². The summed E-state index contributed by atoms with van der Waals surface area (Å²) in [6, 6.07) is -0.00737. The molecule has 0 fully saturated rings. The molecule has 7 heteroatoms. The first-order valence-corrected chi connectivity index (χ1v) is 5.97. The van der Waals surface area contributed by atoms with Gasteiger partial charge in [-0.25, -0.2) is 9.59 Å². The van der Waals surface area contributed by atoms with Crippen LogP contribution in [0.4, 0.5) is 4.79 Å². The maximum absolute atomic E-state index is 11.2. The molecule has 7 nitrogen and oxygen atoms in total. The molecule has 0 aliphatic rings. The molecule has 0 aromatic carbocycles. The number of urea groups is 1. The van der Waals surface area contributed by atoms with Crippen molar-refractivity contribution in [1.82, 2.24) is 15.5 Å². The number of carboxylic acid groups (broad SMARTS) is 1. The quantitative estimate of drug-likeness (QED) is 0.440. The zero-order valence-corrected chi connectivity index (χ0v) is 11.1. The van der Waals surface area contributed by atoms with Crippen molar-refractivity contribution >= 4 is 12.0 Å². The van der Waals surface area contributed by atoms with E-state index in [1.807, 2.05) is 7.05 Å². The lowest BCUT2D eigenvalue weighted by molar-refractivity contribution is -0.146. The molecular formula is C11H23N3O4. The lowest BCUT2D eigenvalue weighted by Gasteiger charge is -2.20. The van der Waals surface area contributed by atoms with E-state index < -0.39 is 18.1 Å². The topological polar surface area (TPSA) is 102 Å². The summed E-state index contributed by atoms with van der Waals surface area (Å²) in [4.78, 5) is 23.7. The maximum atomic E-state index is 11.2. The molecule has 0 aromatic rings. The Hall–Kier alpha value is -1.34. The van der Waals surface area contributed by atoms with Crippen molar-refractivity contribution in [2.75, 3.05) is 26.7 Å². The summed E-state index contributed by atoms with van der Waals surface area (Å²) in [6.07, 6.45) is -0.758. The van der Waals surface area contributed by atoms with Crippen molar-refractivity contribution in [3.8, 4) is 0 Å². The van der Waals surface area contributed by atoms with Crippen LogP contribution in [-0.4, -0.2) is 65.9 Å². The van der Waals surface area contributed by atoms with Crippen molar-refractivity contribution < 1.29 is 19.8 Å². The molecule has 0 aliphatic heterocycles. The zero-order chi connectivity index (χ0) is 14.1. The summed E-state index contributed by atoms with van der Waals surface area (Å²) in [5.41, 5.74) is 0. The Balaban J connectivity index is 3.57. The van der Waals surface area contributed by atoms with Crippen LogP contribution in [0.3, 0.4) is 0 Å². The summed E-state index contributed by atoms with van der Waals surface area (Å²) in [6.45, 7) is 5.26. The summed E-state index contributed by atoms with van der Waals surface area (Å²) in [5, 5.41) is 22.2. The first-order chi connectivity index (χ1) is 8.34. The van der Waals surface area contributed by atoms with E-state index in [1.54, 1.807) is 0 Å². The van der Waals surface area contributed by atoms with E-state index in [0.29, 0.717) is 12.6 Å². The molecule has 0 saturated heterocycles. The van der Waals surface area contributed by atoms with Gasteiger partial charge in [-0.3, -0.25) is 0 Å². The van der Waals surface area contributed by atoms with Gasteiger partial charge in [-0.2, -0.15) is 0 Å². The van der Waals surface area contributed by atoms with Gasteiger partial charge in [-0.1, -0.05) is 0 Å². The zero-order valence-electron chi connectivity index (χ0n) is 11.1. The second kappa shape index (κ2) is 8.71. The molecular weight excluding hydrogens is 238 g/mol. The number of carbonyl (C=O) groups excluding carboxylic acids is 1. The van der Waals surface area contributed by atoms with Crippen LogP contribution >= 0.6 is 0 Å². The fraction of sp³-hybridized carbons (Fsp3) is 0.818. The minimum Gasteiger partial charge on any atom is -0.479 e. The van der Waals surface area contributed by atoms with Crippen LogP contribution in [0.5, 0.6) is 0 Å². The molecule has 0 spiro atoms. The molecule has 0 aliphatic carbocycles. The molecule has 2 amide bonds. The number of carbonyl (C=O) groups is 2. The fourth-order valence-electron chi connectivity index (χ4n) is 1.13. The summed E-state index contributed by atoms with van der Waals surface area (Å²) >= 11 is 0. The molecule has 0 heterocycles. The number of carboxylic acids is 1. The van der Waals surface area contributed by atoms with Crippen LogP contribution in [0, 0.1) is 0 Å². The number of rotatable bonds is 8. The minimum absolute atomic E-state index is 0.299. The molecule has 1 atom stereocenters. The highest BCUT2D eigenvalue weighted by atomic mass is 16.4. The Kier molecular flexibility index (Phi) is 8.06. The van der Waals surface area contributed by atoms with Gasteiger partial charge < -0.3 is 25.7 Å². The van der Waals surface area contributed by atoms with Crippen LogP contribution in [0.1, 0.15) is 20.3 Å². The molecule has 0 aromatic heterocycles. The number of aliphatic hydroxyl groups is 1. The Labute approximate surface area is 107 Å². The summed E-state index contributed by atoms with van der Waals surface area (Å²) in [7, 11) is 2.01. The van der Waals surface area contributed by atoms with Gasteiger partial charge in [0.15, 0.2) is 6.10 Å². The third kappa shape index (κ3) is 7.86. The number of hydrogen-bond acceptors (Lipinski definition) is 4. The predicted octanol–water partition coefficient (Wildman–Crippen LogP) is -0.539. The number of hydrogen-bond donors (Lipinski definition) is 4. The van der Waals surface area contributed by atoms with Crippen molar-refractivity contribution in [2.45, 2.75) is 32.4 Å². The largest absolute Gasteiger partial charge is 0.479 e. The Morgan fingerprint density at radius 3 is 2.39 bits per heavy atom. The van der Waals surface area contributed by atoms with E-state index in [2.05, 4.69) is 29.4 Å². The van der Waals surface area contributed by atoms with Gasteiger partial charge in [0.25, 0.3) is 0 Å². The SMILES string of the molecule is CC(C)N(C)CCCNC(=O)NC[C@H](O)C(=O)O. The van der Waals surface area contributed by atoms with Crippen LogP contribution in [0.15, 0.2) is 0 Å². The van der Waals surface area contributed by atoms with Crippen molar-refractivity contribution in [3.05, 3.63) is 0 Å². The highest BCUT2D eigenvalue weighted by molar-refractivity contribution is 5.76. The molecule has 0 radical (unpaired) electrons. The van der Waals surface area contributed by atoms with Gasteiger partial charge in [0.2, 0.25) is 0 Å². The second-order valence-corrected chi connectivity index (χ2v) is 4.42. The molecule has 0 saturated carbocycles. The van der Waals surface area contributed by atoms with E-state index in [0.717, 1.165) is 13.0 Å². The van der Waals surface area contributed by atoms with Gasteiger partial charge in [0, 0.05) is 12.6 Å². The highest BCUT2D eigenvalue weighted by Gasteiger charge is 2.13. The van der Waals surface area contributed by atoms with E-state index in [9.17, 15) is 9.59 Å². The maximum Gasteiger partial charge on any atom is 0.334 e. The number of nitrogens with zero attached hydrogens (tertiary/aromatic N) is 1. The normalized spacial score (nSPS) is 12.6. The lowest BCUT2D eigenvalue weighted by atomic mass is 10.3. The van der Waals surface area contributed by atoms with Gasteiger partial charge in [-0.15, -0.1) is 0 Å². The van der Waals surface area contributed by atoms with Crippen molar-refractivity contribution in [1.29, 1.82) is 0 Å². The Bertz CT molecular complexity index is 271. The second-order valence-electron chi connectivity index (χ2n) is 4.42. The van der Waals surface area contributed by atoms with Crippen LogP contribution in [-0.2, 0) is 4.79 Å². The van der Waals surface area contributed by atoms with Crippen LogP contribution in [0.2, 0.25) is 0 Å². The number of aliphatic carboxylic acids is 1. The lowest BCUT2D eigenvalue weighted by Crippen LogP contribution is -2.42. The average Bonchev–Trinajstić information content (AvgIpc) is 2.30. The fourth-order valence-corrected chi connectivity index (χ4v) is 1.13. The first-order valence-electron chi connectivity index (χ1n) is 5.97. The monoisotopic (exact) mass is 261 g/mol. The van der Waals surface area contributed by atoms with E-state index >= 15 is 0 Å².